The van der Waals surface area contributed by atoms with Crippen LogP contribution in [0.2, 0.25) is 0 Å². The molecule has 0 bridgehead atoms. The number of hydrogen-bond acceptors (Lipinski definition) is 5. The molecular formula is C22H26F2N2O5S. The molecule has 1 aliphatic heterocycles. The second-order valence-corrected chi connectivity index (χ2v) is 9.53. The third-order valence-electron chi connectivity index (χ3n) is 5.59. The van der Waals surface area contributed by atoms with Crippen LogP contribution in [0.3, 0.4) is 0 Å². The Balaban J connectivity index is 1.65. The van der Waals surface area contributed by atoms with Gasteiger partial charge >= 0.3 is 0 Å². The number of hydrogen-bond donors (Lipinski definition) is 0. The zero-order valence-corrected chi connectivity index (χ0v) is 19.0. The Kier molecular flexibility index (Phi) is 7.35. The maximum absolute atomic E-state index is 14.0. The van der Waals surface area contributed by atoms with Gasteiger partial charge in [-0.05, 0) is 43.2 Å². The van der Waals surface area contributed by atoms with Gasteiger partial charge in [-0.3, -0.25) is 4.79 Å². The van der Waals surface area contributed by atoms with E-state index in [9.17, 15) is 22.0 Å². The number of carbonyl (C=O) groups excluding carboxylic acids is 1. The number of sulfonamides is 1. The molecule has 0 N–H and O–H groups in total. The quantitative estimate of drug-likeness (QED) is 0.625. The molecule has 1 aliphatic rings. The minimum Gasteiger partial charge on any atom is -0.497 e. The third-order valence-corrected chi connectivity index (χ3v) is 7.51. The van der Waals surface area contributed by atoms with Crippen molar-refractivity contribution >= 4 is 15.9 Å². The highest BCUT2D eigenvalue weighted by Crippen LogP contribution is 2.29. The van der Waals surface area contributed by atoms with E-state index in [1.54, 1.807) is 31.2 Å². The van der Waals surface area contributed by atoms with Gasteiger partial charge in [-0.2, -0.15) is 4.31 Å². The summed E-state index contributed by atoms with van der Waals surface area (Å²) in [5, 5.41) is 0. The average molecular weight is 469 g/mol. The number of halogens is 2. The Hall–Kier alpha value is -2.72. The first-order chi connectivity index (χ1) is 15.2. The number of piperidine rings is 1. The van der Waals surface area contributed by atoms with Crippen LogP contribution in [0, 0.1) is 17.6 Å². The van der Waals surface area contributed by atoms with Gasteiger partial charge in [-0.15, -0.1) is 0 Å². The molecule has 2 aromatic rings. The second kappa shape index (κ2) is 9.83. The summed E-state index contributed by atoms with van der Waals surface area (Å²) in [5.41, 5.74) is 0.811. The van der Waals surface area contributed by atoms with Gasteiger partial charge in [-0.25, -0.2) is 17.2 Å². The van der Waals surface area contributed by atoms with E-state index in [-0.39, 0.29) is 24.9 Å². The van der Waals surface area contributed by atoms with Gasteiger partial charge in [0.2, 0.25) is 15.9 Å². The number of carbonyl (C=O) groups is 1. The number of amides is 1. The van der Waals surface area contributed by atoms with Crippen LogP contribution in [0.4, 0.5) is 8.78 Å². The van der Waals surface area contributed by atoms with E-state index >= 15 is 0 Å². The van der Waals surface area contributed by atoms with Crippen LogP contribution in [0.5, 0.6) is 11.5 Å². The van der Waals surface area contributed by atoms with Crippen molar-refractivity contribution < 1.29 is 31.5 Å². The minimum atomic E-state index is -4.18. The summed E-state index contributed by atoms with van der Waals surface area (Å²) in [6.07, 6.45) is 0.582. The molecule has 32 heavy (non-hydrogen) atoms. The van der Waals surface area contributed by atoms with Crippen molar-refractivity contribution in [1.82, 2.24) is 9.21 Å². The fourth-order valence-corrected chi connectivity index (χ4v) is 5.33. The lowest BCUT2D eigenvalue weighted by atomic mass is 9.96. The Morgan fingerprint density at radius 3 is 2.41 bits per heavy atom. The van der Waals surface area contributed by atoms with Crippen molar-refractivity contribution in [3.05, 3.63) is 53.6 Å². The monoisotopic (exact) mass is 468 g/mol. The third kappa shape index (κ3) is 5.02. The van der Waals surface area contributed by atoms with Gasteiger partial charge in [0.05, 0.1) is 14.2 Å². The van der Waals surface area contributed by atoms with Crippen LogP contribution in [-0.4, -0.2) is 57.9 Å². The SMILES string of the molecule is COc1ccc(CN(C)C(=O)C2CCN(S(=O)(=O)c3cc(F)ccc3F)CC2)c(OC)c1. The normalized spacial score (nSPS) is 15.4. The number of methoxy groups -OCH3 is 2. The standard InChI is InChI=1S/C22H26F2N2O5S/c1-25(14-16-4-6-18(30-2)13-20(16)31-3)22(27)15-8-10-26(11-9-15)32(28,29)21-12-17(23)5-7-19(21)24/h4-7,12-13,15H,8-11,14H2,1-3H3. The van der Waals surface area contributed by atoms with Crippen LogP contribution in [0.1, 0.15) is 18.4 Å². The second-order valence-electron chi connectivity index (χ2n) is 7.63. The summed E-state index contributed by atoms with van der Waals surface area (Å²) in [7, 11) is 0.588. The van der Waals surface area contributed by atoms with E-state index in [1.807, 2.05) is 6.07 Å². The Bertz CT molecular complexity index is 1090. The number of rotatable bonds is 7. The topological polar surface area (TPSA) is 76.2 Å². The molecule has 0 aromatic heterocycles. The zero-order chi connectivity index (χ0) is 23.5. The molecule has 0 atom stereocenters. The fraction of sp³-hybridized carbons (Fsp3) is 0.409. The molecular weight excluding hydrogens is 442 g/mol. The Morgan fingerprint density at radius 1 is 1.09 bits per heavy atom. The maximum atomic E-state index is 14.0. The molecule has 3 rings (SSSR count). The van der Waals surface area contributed by atoms with E-state index in [1.165, 1.54) is 7.11 Å². The molecule has 0 unspecified atom stereocenters. The van der Waals surface area contributed by atoms with Crippen molar-refractivity contribution in [3.63, 3.8) is 0 Å². The van der Waals surface area contributed by atoms with E-state index in [2.05, 4.69) is 0 Å². The summed E-state index contributed by atoms with van der Waals surface area (Å²) >= 11 is 0. The van der Waals surface area contributed by atoms with Crippen LogP contribution in [-0.2, 0) is 21.4 Å². The number of nitrogens with zero attached hydrogens (tertiary/aromatic N) is 2. The summed E-state index contributed by atoms with van der Waals surface area (Å²) in [6, 6.07) is 7.68. The fourth-order valence-electron chi connectivity index (χ4n) is 3.78. The predicted molar refractivity (Wildman–Crippen MR) is 114 cm³/mol. The summed E-state index contributed by atoms with van der Waals surface area (Å²) in [6.45, 7) is 0.418. The van der Waals surface area contributed by atoms with Crippen LogP contribution < -0.4 is 9.47 Å². The largest absolute Gasteiger partial charge is 0.497 e. The summed E-state index contributed by atoms with van der Waals surface area (Å²) in [5.74, 6) is -1.07. The van der Waals surface area contributed by atoms with Crippen LogP contribution >= 0.6 is 0 Å². The molecule has 0 spiro atoms. The highest BCUT2D eigenvalue weighted by molar-refractivity contribution is 7.89. The van der Waals surface area contributed by atoms with Crippen LogP contribution in [0.25, 0.3) is 0 Å². The molecule has 1 heterocycles. The van der Waals surface area contributed by atoms with E-state index in [0.29, 0.717) is 37.0 Å². The number of ether oxygens (including phenoxy) is 2. The van der Waals surface area contributed by atoms with Gasteiger partial charge in [0.1, 0.15) is 28.0 Å². The molecule has 7 nitrogen and oxygen atoms in total. The molecule has 10 heteroatoms. The van der Waals surface area contributed by atoms with E-state index in [0.717, 1.165) is 22.0 Å². The highest BCUT2D eigenvalue weighted by Gasteiger charge is 2.34. The van der Waals surface area contributed by atoms with Crippen molar-refractivity contribution in [3.8, 4) is 11.5 Å². The van der Waals surface area contributed by atoms with Crippen molar-refractivity contribution in [2.75, 3.05) is 34.4 Å². The first-order valence-corrected chi connectivity index (χ1v) is 11.5. The smallest absolute Gasteiger partial charge is 0.246 e. The first kappa shape index (κ1) is 23.9. The van der Waals surface area contributed by atoms with Gasteiger partial charge < -0.3 is 14.4 Å². The van der Waals surface area contributed by atoms with E-state index < -0.39 is 26.6 Å². The average Bonchev–Trinajstić information content (AvgIpc) is 2.80. The van der Waals surface area contributed by atoms with Gasteiger partial charge in [0, 0.05) is 44.2 Å². The van der Waals surface area contributed by atoms with Crippen LogP contribution in [0.15, 0.2) is 41.3 Å². The molecule has 1 fully saturated rings. The first-order valence-electron chi connectivity index (χ1n) is 10.1. The Labute approximate surface area is 186 Å². The van der Waals surface area contributed by atoms with E-state index in [4.69, 9.17) is 9.47 Å². The molecule has 0 radical (unpaired) electrons. The predicted octanol–water partition coefficient (Wildman–Crippen LogP) is 3.04. The zero-order valence-electron chi connectivity index (χ0n) is 18.2. The minimum absolute atomic E-state index is 0.0500. The maximum Gasteiger partial charge on any atom is 0.246 e. The lowest BCUT2D eigenvalue weighted by molar-refractivity contribution is -0.135. The molecule has 0 aliphatic carbocycles. The molecule has 0 saturated carbocycles. The summed E-state index contributed by atoms with van der Waals surface area (Å²) < 4.78 is 64.6. The van der Waals surface area contributed by atoms with Crippen molar-refractivity contribution in [2.45, 2.75) is 24.3 Å². The lowest BCUT2D eigenvalue weighted by Gasteiger charge is -2.32. The Morgan fingerprint density at radius 2 is 1.78 bits per heavy atom. The molecule has 1 amide bonds. The molecule has 2 aromatic carbocycles. The van der Waals surface area contributed by atoms with Crippen molar-refractivity contribution in [1.29, 1.82) is 0 Å². The lowest BCUT2D eigenvalue weighted by Crippen LogP contribution is -2.43. The van der Waals surface area contributed by atoms with Gasteiger partial charge in [0.25, 0.3) is 0 Å². The summed E-state index contributed by atoms with van der Waals surface area (Å²) in [4.78, 5) is 13.8. The van der Waals surface area contributed by atoms with Gasteiger partial charge in [-0.1, -0.05) is 0 Å². The van der Waals surface area contributed by atoms with Crippen molar-refractivity contribution in [2.24, 2.45) is 5.92 Å². The molecule has 1 saturated heterocycles. The highest BCUT2D eigenvalue weighted by atomic mass is 32.2. The van der Waals surface area contributed by atoms with Gasteiger partial charge in [0.15, 0.2) is 0 Å². The number of benzene rings is 2. The molecule has 174 valence electrons.